The second kappa shape index (κ2) is 5.00. The molecule has 0 unspecified atom stereocenters. The first-order valence-electron chi connectivity index (χ1n) is 4.62. The van der Waals surface area contributed by atoms with Crippen LogP contribution in [0.25, 0.3) is 0 Å². The lowest BCUT2D eigenvalue weighted by atomic mass is 10.3. The summed E-state index contributed by atoms with van der Waals surface area (Å²) in [6.45, 7) is 3.22. The maximum atomic E-state index is 13.6. The lowest BCUT2D eigenvalue weighted by molar-refractivity contribution is -0.155. The monoisotopic (exact) mass is 309 g/mol. The van der Waals surface area contributed by atoms with Crippen molar-refractivity contribution in [1.82, 2.24) is 4.90 Å². The number of halogens is 4. The van der Waals surface area contributed by atoms with Crippen LogP contribution in [0.3, 0.4) is 0 Å². The van der Waals surface area contributed by atoms with Gasteiger partial charge in [0.2, 0.25) is 0 Å². The van der Waals surface area contributed by atoms with Crippen molar-refractivity contribution < 1.29 is 17.9 Å². The molecule has 0 spiro atoms. The Morgan fingerprint density at radius 2 is 2.00 bits per heavy atom. The molecule has 6 heteroatoms. The van der Waals surface area contributed by atoms with Gasteiger partial charge in [-0.1, -0.05) is 6.58 Å². The summed E-state index contributed by atoms with van der Waals surface area (Å²) in [4.78, 5) is 1.13. The number of rotatable bonds is 4. The van der Waals surface area contributed by atoms with Crippen LogP contribution in [0.15, 0.2) is 34.9 Å². The van der Waals surface area contributed by atoms with Crippen LogP contribution in [-0.4, -0.2) is 25.1 Å². The number of benzene rings is 1. The van der Waals surface area contributed by atoms with Gasteiger partial charge in [-0.2, -0.15) is 8.78 Å². The second-order valence-electron chi connectivity index (χ2n) is 3.53. The quantitative estimate of drug-likeness (QED) is 0.842. The molecule has 0 amide bonds. The second-order valence-corrected chi connectivity index (χ2v) is 4.39. The summed E-state index contributed by atoms with van der Waals surface area (Å²) in [7, 11) is 2.83. The van der Waals surface area contributed by atoms with Crippen LogP contribution in [0.2, 0.25) is 0 Å². The Balaban J connectivity index is 2.97. The average molecular weight is 310 g/mol. The van der Waals surface area contributed by atoms with Gasteiger partial charge < -0.3 is 9.64 Å². The molecule has 2 nitrogen and oxygen atoms in total. The van der Waals surface area contributed by atoms with Crippen LogP contribution < -0.4 is 4.74 Å². The smallest absolute Gasteiger partial charge is 0.427 e. The molecule has 94 valence electrons. The summed E-state index contributed by atoms with van der Waals surface area (Å²) >= 11 is 3.00. The molecular formula is C11H11BrF3NO. The molecule has 0 saturated carbocycles. The molecule has 0 N–H and O–H groups in total. The van der Waals surface area contributed by atoms with Crippen molar-refractivity contribution in [2.75, 3.05) is 14.1 Å². The molecule has 0 aromatic heterocycles. The molecule has 0 bridgehead atoms. The van der Waals surface area contributed by atoms with E-state index < -0.39 is 17.6 Å². The molecule has 0 fully saturated rings. The van der Waals surface area contributed by atoms with Gasteiger partial charge in [0.25, 0.3) is 0 Å². The van der Waals surface area contributed by atoms with Crippen molar-refractivity contribution in [2.45, 2.75) is 6.11 Å². The zero-order valence-corrected chi connectivity index (χ0v) is 10.9. The van der Waals surface area contributed by atoms with Crippen LogP contribution in [0.1, 0.15) is 0 Å². The molecule has 1 aromatic rings. The largest absolute Gasteiger partial charge is 0.441 e. The minimum Gasteiger partial charge on any atom is -0.427 e. The molecule has 0 heterocycles. The zero-order chi connectivity index (χ0) is 13.2. The van der Waals surface area contributed by atoms with E-state index in [1.807, 2.05) is 0 Å². The third kappa shape index (κ3) is 3.39. The Labute approximate surface area is 106 Å². The highest BCUT2D eigenvalue weighted by Crippen LogP contribution is 2.33. The molecule has 0 atom stereocenters. The van der Waals surface area contributed by atoms with Crippen molar-refractivity contribution in [3.8, 4) is 5.75 Å². The van der Waals surface area contributed by atoms with Crippen molar-refractivity contribution in [1.29, 1.82) is 0 Å². The van der Waals surface area contributed by atoms with Crippen LogP contribution in [0.4, 0.5) is 13.2 Å². The highest BCUT2D eigenvalue weighted by molar-refractivity contribution is 9.10. The van der Waals surface area contributed by atoms with E-state index >= 15 is 0 Å². The standard InChI is InChI=1S/C11H11BrF3NO/c1-7(16(2)3)11(14,15)17-10-6-8(13)4-5-9(10)12/h4-6H,1H2,2-3H3. The Hall–Kier alpha value is -1.17. The number of ether oxygens (including phenoxy) is 1. The fourth-order valence-electron chi connectivity index (χ4n) is 1.01. The van der Waals surface area contributed by atoms with E-state index in [1.54, 1.807) is 0 Å². The topological polar surface area (TPSA) is 12.5 Å². The predicted octanol–water partition coefficient (Wildman–Crippen LogP) is 3.64. The minimum atomic E-state index is -3.60. The molecule has 17 heavy (non-hydrogen) atoms. The number of hydrogen-bond donors (Lipinski definition) is 0. The third-order valence-corrected chi connectivity index (χ3v) is 2.66. The summed E-state index contributed by atoms with van der Waals surface area (Å²) in [5, 5.41) is 0. The van der Waals surface area contributed by atoms with Gasteiger partial charge in [0, 0.05) is 20.2 Å². The van der Waals surface area contributed by atoms with E-state index in [-0.39, 0.29) is 10.2 Å². The number of nitrogens with zero attached hydrogens (tertiary/aromatic N) is 1. The Morgan fingerprint density at radius 3 is 2.53 bits per heavy atom. The van der Waals surface area contributed by atoms with Gasteiger partial charge in [-0.05, 0) is 28.1 Å². The van der Waals surface area contributed by atoms with Crippen molar-refractivity contribution >= 4 is 15.9 Å². The number of alkyl halides is 2. The number of hydrogen-bond acceptors (Lipinski definition) is 2. The summed E-state index contributed by atoms with van der Waals surface area (Å²) in [6, 6.07) is 3.30. The third-order valence-electron chi connectivity index (χ3n) is 2.01. The SMILES string of the molecule is C=C(N(C)C)C(F)(F)Oc1cc(F)ccc1Br. The Kier molecular flexibility index (Phi) is 4.08. The van der Waals surface area contributed by atoms with Crippen LogP contribution in [0, 0.1) is 5.82 Å². The van der Waals surface area contributed by atoms with Gasteiger partial charge in [0.1, 0.15) is 17.3 Å². The molecule has 1 rings (SSSR count). The van der Waals surface area contributed by atoms with Crippen LogP contribution >= 0.6 is 15.9 Å². The Morgan fingerprint density at radius 1 is 1.41 bits per heavy atom. The minimum absolute atomic E-state index is 0.241. The molecule has 0 radical (unpaired) electrons. The highest BCUT2D eigenvalue weighted by atomic mass is 79.9. The van der Waals surface area contributed by atoms with Crippen molar-refractivity contribution in [3.63, 3.8) is 0 Å². The maximum absolute atomic E-state index is 13.6. The summed E-state index contributed by atoms with van der Waals surface area (Å²) in [5.41, 5.74) is -0.520. The van der Waals surface area contributed by atoms with Gasteiger partial charge in [-0.3, -0.25) is 0 Å². The molecule has 0 aliphatic heterocycles. The van der Waals surface area contributed by atoms with E-state index in [4.69, 9.17) is 0 Å². The molecule has 0 aliphatic carbocycles. The summed E-state index contributed by atoms with van der Waals surface area (Å²) in [6.07, 6.45) is -3.60. The van der Waals surface area contributed by atoms with Crippen molar-refractivity contribution in [2.24, 2.45) is 0 Å². The average Bonchev–Trinajstić information content (AvgIpc) is 2.21. The van der Waals surface area contributed by atoms with E-state index in [1.165, 1.54) is 20.2 Å². The maximum Gasteiger partial charge on any atom is 0.441 e. The van der Waals surface area contributed by atoms with Gasteiger partial charge in [0.05, 0.1) is 4.47 Å². The van der Waals surface area contributed by atoms with E-state index in [2.05, 4.69) is 27.2 Å². The molecule has 1 aromatic carbocycles. The van der Waals surface area contributed by atoms with Crippen LogP contribution in [0.5, 0.6) is 5.75 Å². The first-order chi connectivity index (χ1) is 7.74. The number of likely N-dealkylation sites (N-methyl/N-ethyl adjacent to an activating group) is 1. The zero-order valence-electron chi connectivity index (χ0n) is 9.31. The van der Waals surface area contributed by atoms with Crippen LogP contribution in [-0.2, 0) is 0 Å². The highest BCUT2D eigenvalue weighted by Gasteiger charge is 2.38. The predicted molar refractivity (Wildman–Crippen MR) is 62.5 cm³/mol. The van der Waals surface area contributed by atoms with Crippen molar-refractivity contribution in [3.05, 3.63) is 40.8 Å². The molecular weight excluding hydrogens is 299 g/mol. The fourth-order valence-corrected chi connectivity index (χ4v) is 1.34. The summed E-state index contributed by atoms with van der Waals surface area (Å²) < 4.78 is 44.7. The van der Waals surface area contributed by atoms with E-state index in [0.29, 0.717) is 0 Å². The van der Waals surface area contributed by atoms with E-state index in [0.717, 1.165) is 17.0 Å². The van der Waals surface area contributed by atoms with Gasteiger partial charge in [-0.25, -0.2) is 4.39 Å². The normalized spacial score (nSPS) is 11.2. The van der Waals surface area contributed by atoms with E-state index in [9.17, 15) is 13.2 Å². The first kappa shape index (κ1) is 13.9. The first-order valence-corrected chi connectivity index (χ1v) is 5.42. The molecule has 0 saturated heterocycles. The van der Waals surface area contributed by atoms with Gasteiger partial charge in [-0.15, -0.1) is 0 Å². The van der Waals surface area contributed by atoms with Gasteiger partial charge >= 0.3 is 6.11 Å². The Bertz CT molecular complexity index is 435. The lowest BCUT2D eigenvalue weighted by Gasteiger charge is -2.25. The van der Waals surface area contributed by atoms with Gasteiger partial charge in [0.15, 0.2) is 0 Å². The molecule has 0 aliphatic rings. The summed E-state index contributed by atoms with van der Waals surface area (Å²) in [5.74, 6) is -0.938. The lowest BCUT2D eigenvalue weighted by Crippen LogP contribution is -2.34. The fraction of sp³-hybridized carbons (Fsp3) is 0.273.